The highest BCUT2D eigenvalue weighted by molar-refractivity contribution is 5.50. The number of nitrogens with one attached hydrogen (secondary N) is 1. The van der Waals surface area contributed by atoms with E-state index in [0.717, 1.165) is 6.42 Å². The highest BCUT2D eigenvalue weighted by atomic mass is 14.9. The Kier molecular flexibility index (Phi) is 3.46. The monoisotopic (exact) mass is 214 g/mol. The first-order valence-corrected chi connectivity index (χ1v) is 6.08. The van der Waals surface area contributed by atoms with Crippen molar-refractivity contribution in [3.8, 4) is 6.07 Å². The van der Waals surface area contributed by atoms with Gasteiger partial charge in [0.1, 0.15) is 0 Å². The van der Waals surface area contributed by atoms with E-state index in [4.69, 9.17) is 5.26 Å². The lowest BCUT2D eigenvalue weighted by molar-refractivity contribution is 0.711. The highest BCUT2D eigenvalue weighted by Crippen LogP contribution is 2.25. The molecule has 1 aromatic carbocycles. The van der Waals surface area contributed by atoms with Gasteiger partial charge in [0.2, 0.25) is 0 Å². The van der Waals surface area contributed by atoms with Crippen LogP contribution in [-0.4, -0.2) is 6.04 Å². The minimum atomic E-state index is 0.282. The van der Waals surface area contributed by atoms with Gasteiger partial charge in [-0.2, -0.15) is 5.26 Å². The molecule has 2 rings (SSSR count). The van der Waals surface area contributed by atoms with E-state index in [2.05, 4.69) is 36.5 Å². The Hall–Kier alpha value is -1.49. The molecule has 1 aliphatic rings. The maximum absolute atomic E-state index is 8.71. The van der Waals surface area contributed by atoms with Gasteiger partial charge in [0.25, 0.3) is 0 Å². The number of nitriles is 1. The second-order valence-electron chi connectivity index (χ2n) is 4.45. The van der Waals surface area contributed by atoms with Crippen LogP contribution >= 0.6 is 0 Å². The van der Waals surface area contributed by atoms with Crippen molar-refractivity contribution >= 4 is 5.69 Å². The predicted molar refractivity (Wildman–Crippen MR) is 66.4 cm³/mol. The molecule has 0 saturated carbocycles. The fraction of sp³-hybridized carbons (Fsp3) is 0.500. The minimum absolute atomic E-state index is 0.282. The average Bonchev–Trinajstić information content (AvgIpc) is 2.75. The summed E-state index contributed by atoms with van der Waals surface area (Å²) in [5.74, 6) is 0. The van der Waals surface area contributed by atoms with E-state index in [0.29, 0.717) is 6.42 Å². The Bertz CT molecular complexity index is 404. The standard InChI is InChI=1S/C14H18N2/c1-2-13(8-9-15)16-14-7-6-11-4-3-5-12(11)10-14/h6-7,10,13,16H,2-5,8H2,1H3. The summed E-state index contributed by atoms with van der Waals surface area (Å²) < 4.78 is 0. The van der Waals surface area contributed by atoms with Crippen molar-refractivity contribution in [2.75, 3.05) is 5.32 Å². The van der Waals surface area contributed by atoms with E-state index < -0.39 is 0 Å². The maximum Gasteiger partial charge on any atom is 0.0643 e. The number of rotatable bonds is 4. The van der Waals surface area contributed by atoms with Gasteiger partial charge in [0.05, 0.1) is 12.5 Å². The van der Waals surface area contributed by atoms with Crippen LogP contribution in [0, 0.1) is 11.3 Å². The SMILES string of the molecule is CCC(CC#N)Nc1ccc2c(c1)CCC2. The van der Waals surface area contributed by atoms with Crippen molar-refractivity contribution in [3.05, 3.63) is 29.3 Å². The third kappa shape index (κ3) is 2.36. The molecule has 1 atom stereocenters. The molecule has 0 saturated heterocycles. The lowest BCUT2D eigenvalue weighted by Gasteiger charge is -2.15. The zero-order valence-corrected chi connectivity index (χ0v) is 9.79. The summed E-state index contributed by atoms with van der Waals surface area (Å²) in [7, 11) is 0. The van der Waals surface area contributed by atoms with Crippen LogP contribution < -0.4 is 5.32 Å². The predicted octanol–water partition coefficient (Wildman–Crippen LogP) is 3.28. The zero-order valence-electron chi connectivity index (χ0n) is 9.79. The van der Waals surface area contributed by atoms with Crippen LogP contribution in [0.15, 0.2) is 18.2 Å². The molecule has 0 amide bonds. The molecule has 0 bridgehead atoms. The lowest BCUT2D eigenvalue weighted by atomic mass is 10.1. The van der Waals surface area contributed by atoms with Gasteiger partial charge in [-0.1, -0.05) is 13.0 Å². The molecule has 16 heavy (non-hydrogen) atoms. The third-order valence-electron chi connectivity index (χ3n) is 3.30. The normalized spacial score (nSPS) is 15.2. The number of anilines is 1. The molecule has 1 aromatic rings. The Morgan fingerprint density at radius 3 is 2.94 bits per heavy atom. The van der Waals surface area contributed by atoms with Crippen molar-refractivity contribution in [1.29, 1.82) is 5.26 Å². The van der Waals surface area contributed by atoms with Crippen molar-refractivity contribution in [3.63, 3.8) is 0 Å². The summed E-state index contributed by atoms with van der Waals surface area (Å²) in [5, 5.41) is 12.1. The van der Waals surface area contributed by atoms with Gasteiger partial charge in [-0.25, -0.2) is 0 Å². The number of hydrogen-bond donors (Lipinski definition) is 1. The summed E-state index contributed by atoms with van der Waals surface area (Å²) in [6, 6.07) is 9.13. The first-order valence-electron chi connectivity index (χ1n) is 6.08. The molecular formula is C14H18N2. The number of benzene rings is 1. The van der Waals surface area contributed by atoms with Crippen LogP contribution in [0.3, 0.4) is 0 Å². The summed E-state index contributed by atoms with van der Waals surface area (Å²) in [5.41, 5.74) is 4.15. The van der Waals surface area contributed by atoms with Gasteiger partial charge in [-0.05, 0) is 48.9 Å². The number of fused-ring (bicyclic) bond motifs is 1. The fourth-order valence-electron chi connectivity index (χ4n) is 2.30. The quantitative estimate of drug-likeness (QED) is 0.835. The second kappa shape index (κ2) is 5.03. The maximum atomic E-state index is 8.71. The zero-order chi connectivity index (χ0) is 11.4. The molecule has 2 nitrogen and oxygen atoms in total. The second-order valence-corrected chi connectivity index (χ2v) is 4.45. The van der Waals surface area contributed by atoms with Gasteiger partial charge in [0.15, 0.2) is 0 Å². The molecule has 84 valence electrons. The molecule has 0 aliphatic heterocycles. The number of hydrogen-bond acceptors (Lipinski definition) is 2. The fourth-order valence-corrected chi connectivity index (χ4v) is 2.30. The van der Waals surface area contributed by atoms with Gasteiger partial charge >= 0.3 is 0 Å². The molecule has 1 N–H and O–H groups in total. The molecule has 0 aromatic heterocycles. The van der Waals surface area contributed by atoms with E-state index >= 15 is 0 Å². The Labute approximate surface area is 97.3 Å². The largest absolute Gasteiger partial charge is 0.381 e. The van der Waals surface area contributed by atoms with Gasteiger partial charge in [-0.15, -0.1) is 0 Å². The van der Waals surface area contributed by atoms with E-state index in [9.17, 15) is 0 Å². The molecule has 2 heteroatoms. The summed E-state index contributed by atoms with van der Waals surface area (Å²) >= 11 is 0. The van der Waals surface area contributed by atoms with Crippen molar-refractivity contribution < 1.29 is 0 Å². The molecule has 1 unspecified atom stereocenters. The number of nitrogens with zero attached hydrogens (tertiary/aromatic N) is 1. The first kappa shape index (κ1) is 11.0. The van der Waals surface area contributed by atoms with Gasteiger partial charge in [0, 0.05) is 11.7 Å². The Morgan fingerprint density at radius 2 is 2.19 bits per heavy atom. The third-order valence-corrected chi connectivity index (χ3v) is 3.30. The van der Waals surface area contributed by atoms with Crippen LogP contribution in [0.2, 0.25) is 0 Å². The van der Waals surface area contributed by atoms with Crippen molar-refractivity contribution in [1.82, 2.24) is 0 Å². The molecular weight excluding hydrogens is 196 g/mol. The molecule has 0 heterocycles. The van der Waals surface area contributed by atoms with E-state index in [1.54, 1.807) is 0 Å². The van der Waals surface area contributed by atoms with Crippen LogP contribution in [0.25, 0.3) is 0 Å². The van der Waals surface area contributed by atoms with E-state index in [1.165, 1.54) is 36.1 Å². The molecule has 1 aliphatic carbocycles. The van der Waals surface area contributed by atoms with Crippen LogP contribution in [0.5, 0.6) is 0 Å². The smallest absolute Gasteiger partial charge is 0.0643 e. The number of aryl methyl sites for hydroxylation is 2. The van der Waals surface area contributed by atoms with Crippen molar-refractivity contribution in [2.45, 2.75) is 45.1 Å². The van der Waals surface area contributed by atoms with E-state index in [1.807, 2.05) is 0 Å². The van der Waals surface area contributed by atoms with Crippen LogP contribution in [-0.2, 0) is 12.8 Å². The Morgan fingerprint density at radius 1 is 1.38 bits per heavy atom. The first-order chi connectivity index (χ1) is 7.83. The Balaban J connectivity index is 2.07. The van der Waals surface area contributed by atoms with E-state index in [-0.39, 0.29) is 6.04 Å². The highest BCUT2D eigenvalue weighted by Gasteiger charge is 2.12. The summed E-state index contributed by atoms with van der Waals surface area (Å²) in [6.07, 6.45) is 5.29. The average molecular weight is 214 g/mol. The molecule has 0 fully saturated rings. The van der Waals surface area contributed by atoms with Gasteiger partial charge < -0.3 is 5.32 Å². The van der Waals surface area contributed by atoms with Crippen LogP contribution in [0.4, 0.5) is 5.69 Å². The molecule has 0 spiro atoms. The summed E-state index contributed by atoms with van der Waals surface area (Å²) in [4.78, 5) is 0. The van der Waals surface area contributed by atoms with Crippen LogP contribution in [0.1, 0.15) is 37.3 Å². The topological polar surface area (TPSA) is 35.8 Å². The van der Waals surface area contributed by atoms with Crippen molar-refractivity contribution in [2.24, 2.45) is 0 Å². The van der Waals surface area contributed by atoms with Gasteiger partial charge in [-0.3, -0.25) is 0 Å². The lowest BCUT2D eigenvalue weighted by Crippen LogP contribution is -2.17. The minimum Gasteiger partial charge on any atom is -0.381 e. The summed E-state index contributed by atoms with van der Waals surface area (Å²) in [6.45, 7) is 2.11. The molecule has 0 radical (unpaired) electrons.